The molecule has 0 saturated carbocycles. The Morgan fingerprint density at radius 1 is 1.20 bits per heavy atom. The largest absolute Gasteiger partial charge is 0.433 e. The van der Waals surface area contributed by atoms with E-state index >= 15 is 0 Å². The van der Waals surface area contributed by atoms with Crippen LogP contribution < -0.4 is 15.0 Å². The molecule has 6 rings (SSSR count). The van der Waals surface area contributed by atoms with Crippen LogP contribution in [0.1, 0.15) is 12.8 Å². The van der Waals surface area contributed by atoms with Crippen molar-refractivity contribution in [1.29, 1.82) is 0 Å². The van der Waals surface area contributed by atoms with Crippen LogP contribution in [0.25, 0.3) is 11.0 Å². The quantitative estimate of drug-likeness (QED) is 0.494. The molecule has 3 saturated heterocycles. The number of aromatic nitrogens is 3. The first-order chi connectivity index (χ1) is 16.9. The maximum atomic E-state index is 14.8. The van der Waals surface area contributed by atoms with Crippen molar-refractivity contribution < 1.29 is 22.7 Å². The fraction of sp³-hybridized carbons (Fsp3) is 0.304. The van der Waals surface area contributed by atoms with E-state index in [0.29, 0.717) is 29.9 Å². The lowest BCUT2D eigenvalue weighted by Gasteiger charge is -2.51. The summed E-state index contributed by atoms with van der Waals surface area (Å²) in [5.74, 6) is -0.596. The summed E-state index contributed by atoms with van der Waals surface area (Å²) in [4.78, 5) is 29.4. The summed E-state index contributed by atoms with van der Waals surface area (Å²) in [6.07, 6.45) is 4.49. The van der Waals surface area contributed by atoms with Gasteiger partial charge in [-0.25, -0.2) is 19.3 Å². The second-order valence-electron chi connectivity index (χ2n) is 8.23. The summed E-state index contributed by atoms with van der Waals surface area (Å²) in [6, 6.07) is 6.19. The van der Waals surface area contributed by atoms with E-state index in [1.165, 1.54) is 18.5 Å². The van der Waals surface area contributed by atoms with Gasteiger partial charge in [-0.3, -0.25) is 4.79 Å². The Bertz CT molecular complexity index is 1310. The molecule has 0 radical (unpaired) electrons. The van der Waals surface area contributed by atoms with Crippen molar-refractivity contribution in [3.63, 3.8) is 0 Å². The molecular weight excluding hydrogens is 485 g/mol. The molecule has 0 aliphatic carbocycles. The molecule has 1 aromatic carbocycles. The van der Waals surface area contributed by atoms with Crippen molar-refractivity contribution in [2.24, 2.45) is 0 Å². The number of anilines is 3. The molecule has 3 aliphatic heterocycles. The van der Waals surface area contributed by atoms with E-state index < -0.39 is 23.2 Å². The van der Waals surface area contributed by atoms with Gasteiger partial charge in [-0.05, 0) is 43.2 Å². The highest BCUT2D eigenvalue weighted by atomic mass is 35.5. The molecule has 1 unspecified atom stereocenters. The third kappa shape index (κ3) is 4.31. The number of amides is 1. The number of rotatable bonds is 6. The molecule has 2 aromatic heterocycles. The van der Waals surface area contributed by atoms with Gasteiger partial charge in [-0.1, -0.05) is 18.2 Å². The minimum atomic E-state index is -3.13. The Balaban J connectivity index is 1.45. The number of carbonyl (C=O) groups is 1. The number of fused-ring (bicyclic) bond motifs is 4. The van der Waals surface area contributed by atoms with Gasteiger partial charge in [-0.15, -0.1) is 0 Å². The third-order valence-corrected chi connectivity index (χ3v) is 6.62. The van der Waals surface area contributed by atoms with Gasteiger partial charge in [0.05, 0.1) is 11.2 Å². The molecule has 12 heteroatoms. The number of nitrogens with zero attached hydrogens (tertiary/aromatic N) is 5. The molecule has 5 heterocycles. The van der Waals surface area contributed by atoms with Crippen molar-refractivity contribution in [1.82, 2.24) is 19.9 Å². The van der Waals surface area contributed by atoms with Crippen LogP contribution in [0.5, 0.6) is 5.75 Å². The summed E-state index contributed by atoms with van der Waals surface area (Å²) in [6.45, 7) is 1.68. The second-order valence-corrected chi connectivity index (χ2v) is 8.61. The van der Waals surface area contributed by atoms with Gasteiger partial charge < -0.3 is 19.9 Å². The first kappa shape index (κ1) is 23.2. The highest BCUT2D eigenvalue weighted by molar-refractivity contribution is 6.32. The van der Waals surface area contributed by atoms with Gasteiger partial charge >= 0.3 is 6.61 Å². The zero-order valence-electron chi connectivity index (χ0n) is 18.3. The average molecular weight is 505 g/mol. The van der Waals surface area contributed by atoms with Gasteiger partial charge in [-0.2, -0.15) is 8.78 Å². The second kappa shape index (κ2) is 9.21. The Kier molecular flexibility index (Phi) is 6.10. The lowest BCUT2D eigenvalue weighted by molar-refractivity contribution is -0.131. The number of nitrogens with one attached hydrogen (secondary N) is 1. The van der Waals surface area contributed by atoms with Crippen LogP contribution in [-0.2, 0) is 4.79 Å². The van der Waals surface area contributed by atoms with E-state index in [2.05, 4.69) is 31.5 Å². The number of hydrogen-bond acceptors (Lipinski definition) is 7. The number of pyridine rings is 1. The molecule has 3 aromatic rings. The Morgan fingerprint density at radius 2 is 2.00 bits per heavy atom. The van der Waals surface area contributed by atoms with E-state index in [1.54, 1.807) is 6.07 Å². The topological polar surface area (TPSA) is 83.5 Å². The van der Waals surface area contributed by atoms with E-state index in [0.717, 1.165) is 18.9 Å². The molecule has 35 heavy (non-hydrogen) atoms. The highest BCUT2D eigenvalue weighted by Gasteiger charge is 2.41. The van der Waals surface area contributed by atoms with E-state index in [4.69, 9.17) is 16.6 Å². The first-order valence-corrected chi connectivity index (χ1v) is 11.2. The van der Waals surface area contributed by atoms with Crippen LogP contribution in [0.15, 0.2) is 43.2 Å². The van der Waals surface area contributed by atoms with Gasteiger partial charge in [0, 0.05) is 25.2 Å². The number of piperazine rings is 1. The number of halogens is 4. The lowest BCUT2D eigenvalue weighted by Crippen LogP contribution is -2.64. The van der Waals surface area contributed by atoms with E-state index in [1.807, 2.05) is 11.0 Å². The Morgan fingerprint density at radius 3 is 2.71 bits per heavy atom. The maximum Gasteiger partial charge on any atom is 0.387 e. The van der Waals surface area contributed by atoms with Gasteiger partial charge in [0.2, 0.25) is 5.91 Å². The molecule has 1 N–H and O–H groups in total. The summed E-state index contributed by atoms with van der Waals surface area (Å²) < 4.78 is 44.0. The van der Waals surface area contributed by atoms with Crippen LogP contribution >= 0.6 is 11.6 Å². The normalized spacial score (nSPS) is 19.3. The van der Waals surface area contributed by atoms with Crippen LogP contribution in [0.2, 0.25) is 5.02 Å². The number of ether oxygens (including phenoxy) is 1. The zero-order chi connectivity index (χ0) is 24.7. The minimum Gasteiger partial charge on any atom is -0.433 e. The smallest absolute Gasteiger partial charge is 0.387 e. The fourth-order valence-electron chi connectivity index (χ4n) is 4.62. The third-order valence-electron chi connectivity index (χ3n) is 6.26. The minimum absolute atomic E-state index is 0.0674. The first-order valence-electron chi connectivity index (χ1n) is 10.9. The zero-order valence-corrected chi connectivity index (χ0v) is 19.1. The van der Waals surface area contributed by atoms with Crippen LogP contribution in [0, 0.1) is 5.82 Å². The van der Waals surface area contributed by atoms with Crippen molar-refractivity contribution in [2.75, 3.05) is 23.3 Å². The fourth-order valence-corrected chi connectivity index (χ4v) is 4.83. The van der Waals surface area contributed by atoms with E-state index in [9.17, 15) is 18.0 Å². The van der Waals surface area contributed by atoms with E-state index in [-0.39, 0.29) is 29.5 Å². The lowest BCUT2D eigenvalue weighted by atomic mass is 9.90. The maximum absolute atomic E-state index is 14.8. The molecule has 0 spiro atoms. The predicted molar refractivity (Wildman–Crippen MR) is 125 cm³/mol. The van der Waals surface area contributed by atoms with Crippen molar-refractivity contribution in [3.8, 4) is 5.75 Å². The highest BCUT2D eigenvalue weighted by Crippen LogP contribution is 2.36. The van der Waals surface area contributed by atoms with Crippen molar-refractivity contribution in [3.05, 3.63) is 54.1 Å². The Labute approximate surface area is 203 Å². The number of benzene rings is 1. The predicted octanol–water partition coefficient (Wildman–Crippen LogP) is 4.53. The molecule has 8 nitrogen and oxygen atoms in total. The number of alkyl halides is 2. The number of carbonyl (C=O) groups excluding carboxylic acids is 1. The molecule has 2 bridgehead atoms. The number of piperidine rings is 2. The van der Waals surface area contributed by atoms with Gasteiger partial charge in [0.15, 0.2) is 11.6 Å². The average Bonchev–Trinajstić information content (AvgIpc) is 2.87. The molecular formula is C23H20ClF3N6O2. The molecule has 2 atom stereocenters. The summed E-state index contributed by atoms with van der Waals surface area (Å²) in [5, 5.41) is 2.25. The van der Waals surface area contributed by atoms with Crippen molar-refractivity contribution >= 4 is 45.9 Å². The van der Waals surface area contributed by atoms with Gasteiger partial charge in [0.1, 0.15) is 28.4 Å². The SMILES string of the molecule is C=CC(=O)N1CC2CC[C@@H]1CN2c1ccc2ncnc(Nc3ccc(OC(F)F)c(Cl)c3F)c2n1. The summed E-state index contributed by atoms with van der Waals surface area (Å²) >= 11 is 5.87. The number of hydrogen-bond donors (Lipinski definition) is 1. The Hall–Kier alpha value is -3.60. The monoisotopic (exact) mass is 504 g/mol. The summed E-state index contributed by atoms with van der Waals surface area (Å²) in [5.41, 5.74) is 0.842. The van der Waals surface area contributed by atoms with Gasteiger partial charge in [0.25, 0.3) is 0 Å². The van der Waals surface area contributed by atoms with Crippen molar-refractivity contribution in [2.45, 2.75) is 31.5 Å². The molecule has 182 valence electrons. The molecule has 3 fully saturated rings. The standard InChI is InChI=1S/C23H20ClF3N6O2/c1-2-18(34)33-10-12-3-4-13(33)9-32(12)17-8-6-15-21(31-17)22(29-11-28-15)30-14-5-7-16(35-23(26)27)19(24)20(14)25/h2,5-8,11-13,23H,1,3-4,9-10H2,(H,28,29,30)/t12?,13-/m1/s1. The summed E-state index contributed by atoms with van der Waals surface area (Å²) in [7, 11) is 0. The molecule has 1 amide bonds. The molecule has 3 aliphatic rings. The van der Waals surface area contributed by atoms with Crippen LogP contribution in [-0.4, -0.2) is 57.5 Å². The van der Waals surface area contributed by atoms with Crippen LogP contribution in [0.4, 0.5) is 30.5 Å². The van der Waals surface area contributed by atoms with Crippen LogP contribution in [0.3, 0.4) is 0 Å².